The minimum atomic E-state index is -0.642. The second kappa shape index (κ2) is 3.40. The third-order valence-corrected chi connectivity index (χ3v) is 1.46. The molecule has 0 amide bonds. The molecule has 0 saturated carbocycles. The Morgan fingerprint density at radius 3 is 2.92 bits per heavy atom. The Morgan fingerprint density at radius 2 is 2.42 bits per heavy atom. The third-order valence-electron chi connectivity index (χ3n) is 1.25. The Morgan fingerprint density at radius 1 is 1.75 bits per heavy atom. The van der Waals surface area contributed by atoms with Crippen LogP contribution in [-0.4, -0.2) is 23.2 Å². The van der Waals surface area contributed by atoms with Gasteiger partial charge < -0.3 is 9.84 Å². The van der Waals surface area contributed by atoms with Crippen LogP contribution in [0.3, 0.4) is 0 Å². The van der Waals surface area contributed by atoms with E-state index < -0.39 is 5.97 Å². The van der Waals surface area contributed by atoms with Crippen molar-refractivity contribution in [2.24, 2.45) is 0 Å². The van der Waals surface area contributed by atoms with Gasteiger partial charge in [-0.15, -0.1) is 0 Å². The molecule has 4 nitrogen and oxygen atoms in total. The quantitative estimate of drug-likeness (QED) is 0.531. The van der Waals surface area contributed by atoms with Crippen molar-refractivity contribution < 1.29 is 14.6 Å². The molecule has 1 aromatic heterocycles. The molecule has 0 bridgehead atoms. The van der Waals surface area contributed by atoms with Crippen LogP contribution in [0.25, 0.3) is 0 Å². The lowest BCUT2D eigenvalue weighted by molar-refractivity contribution is 0.0597. The van der Waals surface area contributed by atoms with Gasteiger partial charge in [0, 0.05) is 12.3 Å². The Hall–Kier alpha value is -1.29. The van der Waals surface area contributed by atoms with Crippen LogP contribution in [0.4, 0.5) is 0 Å². The van der Waals surface area contributed by atoms with E-state index in [1.165, 1.54) is 13.2 Å². The topological polar surface area (TPSA) is 59.4 Å². The molecule has 0 radical (unpaired) electrons. The number of aromatic nitrogens is 1. The molecule has 0 saturated heterocycles. The molecule has 0 fully saturated rings. The number of nitrogens with zero attached hydrogens (tertiary/aromatic N) is 1. The van der Waals surface area contributed by atoms with Crippen LogP contribution in [0.5, 0.6) is 5.75 Å². The van der Waals surface area contributed by atoms with E-state index in [1.54, 1.807) is 0 Å². The van der Waals surface area contributed by atoms with Gasteiger partial charge in [-0.25, -0.2) is 9.78 Å². The van der Waals surface area contributed by atoms with Crippen LogP contribution in [0, 0.1) is 0 Å². The lowest BCUT2D eigenvalue weighted by Crippen LogP contribution is -2.01. The standard InChI is InChI=1S/C7H6ClNO3/c1-12-7(11)4-3-9-6(8)2-5(4)10/h2-3H,1H3,(H,9,10). The second-order valence-electron chi connectivity index (χ2n) is 2.02. The van der Waals surface area contributed by atoms with Gasteiger partial charge in [-0.1, -0.05) is 11.6 Å². The molecule has 0 aromatic carbocycles. The van der Waals surface area contributed by atoms with Crippen LogP contribution in [-0.2, 0) is 4.74 Å². The number of rotatable bonds is 1. The highest BCUT2D eigenvalue weighted by Crippen LogP contribution is 2.19. The number of halogens is 1. The first-order valence-electron chi connectivity index (χ1n) is 3.08. The van der Waals surface area contributed by atoms with Gasteiger partial charge in [0.15, 0.2) is 0 Å². The first kappa shape index (κ1) is 8.80. The first-order valence-corrected chi connectivity index (χ1v) is 3.45. The number of aromatic hydroxyl groups is 1. The summed E-state index contributed by atoms with van der Waals surface area (Å²) in [5, 5.41) is 9.29. The van der Waals surface area contributed by atoms with Gasteiger partial charge >= 0.3 is 5.97 Å². The number of hydrogen-bond donors (Lipinski definition) is 1. The Kier molecular flexibility index (Phi) is 2.50. The van der Waals surface area contributed by atoms with Gasteiger partial charge in [0.05, 0.1) is 7.11 Å². The Bertz CT molecular complexity index is 314. The molecule has 0 unspecified atom stereocenters. The summed E-state index contributed by atoms with van der Waals surface area (Å²) in [6.45, 7) is 0. The average molecular weight is 188 g/mol. The second-order valence-corrected chi connectivity index (χ2v) is 2.40. The van der Waals surface area contributed by atoms with Crippen molar-refractivity contribution in [3.8, 4) is 5.75 Å². The fraction of sp³-hybridized carbons (Fsp3) is 0.143. The third kappa shape index (κ3) is 1.65. The molecule has 0 atom stereocenters. The summed E-state index contributed by atoms with van der Waals surface area (Å²) in [7, 11) is 1.22. The molecule has 1 heterocycles. The molecule has 0 aliphatic heterocycles. The molecule has 0 aliphatic carbocycles. The zero-order valence-corrected chi connectivity index (χ0v) is 7.00. The lowest BCUT2D eigenvalue weighted by Gasteiger charge is -2.00. The summed E-state index contributed by atoms with van der Waals surface area (Å²) in [6.07, 6.45) is 1.16. The summed E-state index contributed by atoms with van der Waals surface area (Å²) >= 11 is 5.44. The van der Waals surface area contributed by atoms with Crippen LogP contribution >= 0.6 is 11.6 Å². The van der Waals surface area contributed by atoms with E-state index in [0.29, 0.717) is 0 Å². The van der Waals surface area contributed by atoms with E-state index in [-0.39, 0.29) is 16.5 Å². The van der Waals surface area contributed by atoms with Crippen LogP contribution in [0.1, 0.15) is 10.4 Å². The zero-order chi connectivity index (χ0) is 9.14. The van der Waals surface area contributed by atoms with E-state index in [9.17, 15) is 4.79 Å². The van der Waals surface area contributed by atoms with Gasteiger partial charge in [0.2, 0.25) is 0 Å². The number of pyridine rings is 1. The maximum absolute atomic E-state index is 10.9. The molecule has 0 aliphatic rings. The summed E-state index contributed by atoms with van der Waals surface area (Å²) in [6, 6.07) is 1.17. The molecule has 1 N–H and O–H groups in total. The van der Waals surface area contributed by atoms with E-state index in [0.717, 1.165) is 6.20 Å². The zero-order valence-electron chi connectivity index (χ0n) is 6.24. The Labute approximate surface area is 73.8 Å². The number of carbonyl (C=O) groups excluding carboxylic acids is 1. The van der Waals surface area contributed by atoms with E-state index >= 15 is 0 Å². The fourth-order valence-electron chi connectivity index (χ4n) is 0.687. The Balaban J connectivity index is 3.09. The molecular formula is C7H6ClNO3. The molecule has 5 heteroatoms. The van der Waals surface area contributed by atoms with Crippen molar-refractivity contribution in [2.45, 2.75) is 0 Å². The average Bonchev–Trinajstić information content (AvgIpc) is 2.03. The fourth-order valence-corrected chi connectivity index (χ4v) is 0.840. The minimum Gasteiger partial charge on any atom is -0.507 e. The van der Waals surface area contributed by atoms with Crippen LogP contribution < -0.4 is 0 Å². The number of hydrogen-bond acceptors (Lipinski definition) is 4. The highest BCUT2D eigenvalue weighted by molar-refractivity contribution is 6.29. The largest absolute Gasteiger partial charge is 0.507 e. The van der Waals surface area contributed by atoms with Gasteiger partial charge in [-0.3, -0.25) is 0 Å². The SMILES string of the molecule is COC(=O)c1cnc(Cl)cc1O. The van der Waals surface area contributed by atoms with Crippen LogP contribution in [0.2, 0.25) is 5.15 Å². The maximum Gasteiger partial charge on any atom is 0.343 e. The highest BCUT2D eigenvalue weighted by Gasteiger charge is 2.11. The predicted molar refractivity (Wildman–Crippen MR) is 42.3 cm³/mol. The number of esters is 1. The van der Waals surface area contributed by atoms with E-state index in [4.69, 9.17) is 16.7 Å². The minimum absolute atomic E-state index is 0.00176. The molecule has 1 aromatic rings. The van der Waals surface area contributed by atoms with Crippen molar-refractivity contribution in [3.63, 3.8) is 0 Å². The lowest BCUT2D eigenvalue weighted by atomic mass is 10.2. The number of carbonyl (C=O) groups is 1. The maximum atomic E-state index is 10.9. The van der Waals surface area contributed by atoms with Crippen molar-refractivity contribution in [1.29, 1.82) is 0 Å². The summed E-state index contributed by atoms with van der Waals surface area (Å²) in [4.78, 5) is 14.5. The molecule has 0 spiro atoms. The summed E-state index contributed by atoms with van der Waals surface area (Å²) < 4.78 is 4.37. The van der Waals surface area contributed by atoms with Gasteiger partial charge in [-0.2, -0.15) is 0 Å². The summed E-state index contributed by atoms with van der Waals surface area (Å²) in [5.41, 5.74) is 0.00176. The molecule has 12 heavy (non-hydrogen) atoms. The van der Waals surface area contributed by atoms with E-state index in [1.807, 2.05) is 0 Å². The van der Waals surface area contributed by atoms with Crippen molar-refractivity contribution in [1.82, 2.24) is 4.98 Å². The first-order chi connectivity index (χ1) is 5.65. The van der Waals surface area contributed by atoms with Crippen LogP contribution in [0.15, 0.2) is 12.3 Å². The van der Waals surface area contributed by atoms with Crippen molar-refractivity contribution in [2.75, 3.05) is 7.11 Å². The predicted octanol–water partition coefficient (Wildman–Crippen LogP) is 1.23. The highest BCUT2D eigenvalue weighted by atomic mass is 35.5. The number of ether oxygens (including phenoxy) is 1. The number of methoxy groups -OCH3 is 1. The van der Waals surface area contributed by atoms with E-state index in [2.05, 4.69) is 9.72 Å². The molecule has 1 rings (SSSR count). The molecular weight excluding hydrogens is 182 g/mol. The van der Waals surface area contributed by atoms with Gasteiger partial charge in [0.1, 0.15) is 16.5 Å². The van der Waals surface area contributed by atoms with Crippen molar-refractivity contribution in [3.05, 3.63) is 23.0 Å². The monoisotopic (exact) mass is 187 g/mol. The van der Waals surface area contributed by atoms with Crippen molar-refractivity contribution >= 4 is 17.6 Å². The van der Waals surface area contributed by atoms with Gasteiger partial charge in [-0.05, 0) is 0 Å². The smallest absolute Gasteiger partial charge is 0.343 e. The summed E-state index contributed by atoms with van der Waals surface area (Å²) in [5.74, 6) is -0.876. The normalized spacial score (nSPS) is 9.50. The molecule has 64 valence electrons. The van der Waals surface area contributed by atoms with Gasteiger partial charge in [0.25, 0.3) is 0 Å².